The molecule has 3 rings (SSSR count). The van der Waals surface area contributed by atoms with Gasteiger partial charge in [0.1, 0.15) is 11.7 Å². The number of carbonyl (C=O) groups is 1. The standard InChI is InChI=1S/C18H17F3N2O2S/c19-18(20,21)15-7-4-9-22-17(15)25-13-11-23(12-13)16(24)8-10-26-14-5-2-1-3-6-14/h1-7,9,13H,8,10-12H2. The van der Waals surface area contributed by atoms with E-state index in [-0.39, 0.29) is 19.0 Å². The second-order valence-corrected chi connectivity index (χ2v) is 6.97. The number of alkyl halides is 3. The molecule has 0 atom stereocenters. The van der Waals surface area contributed by atoms with Crippen molar-refractivity contribution in [1.29, 1.82) is 0 Å². The molecular weight excluding hydrogens is 365 g/mol. The molecule has 2 heterocycles. The van der Waals surface area contributed by atoms with E-state index in [4.69, 9.17) is 4.74 Å². The maximum absolute atomic E-state index is 12.9. The van der Waals surface area contributed by atoms with Gasteiger partial charge >= 0.3 is 6.18 Å². The average molecular weight is 382 g/mol. The molecule has 1 amide bonds. The van der Waals surface area contributed by atoms with Crippen LogP contribution in [0.4, 0.5) is 13.2 Å². The van der Waals surface area contributed by atoms with E-state index < -0.39 is 23.7 Å². The van der Waals surface area contributed by atoms with E-state index in [2.05, 4.69) is 4.98 Å². The number of hydrogen-bond donors (Lipinski definition) is 0. The van der Waals surface area contributed by atoms with Crippen LogP contribution < -0.4 is 4.74 Å². The molecule has 0 unspecified atom stereocenters. The van der Waals surface area contributed by atoms with Crippen molar-refractivity contribution in [2.24, 2.45) is 0 Å². The van der Waals surface area contributed by atoms with E-state index in [0.717, 1.165) is 11.0 Å². The number of ether oxygens (including phenoxy) is 1. The summed E-state index contributed by atoms with van der Waals surface area (Å²) in [6.45, 7) is 0.561. The molecule has 0 saturated carbocycles. The van der Waals surface area contributed by atoms with E-state index in [9.17, 15) is 18.0 Å². The monoisotopic (exact) mass is 382 g/mol. The van der Waals surface area contributed by atoms with Gasteiger partial charge in [-0.15, -0.1) is 11.8 Å². The Kier molecular flexibility index (Phi) is 5.70. The van der Waals surface area contributed by atoms with Crippen LogP contribution in [0.15, 0.2) is 53.6 Å². The quantitative estimate of drug-likeness (QED) is 0.712. The van der Waals surface area contributed by atoms with Crippen LogP contribution in [0.2, 0.25) is 0 Å². The van der Waals surface area contributed by atoms with E-state index in [0.29, 0.717) is 12.2 Å². The normalized spacial score (nSPS) is 14.8. The van der Waals surface area contributed by atoms with Gasteiger partial charge in [0.25, 0.3) is 0 Å². The first kappa shape index (κ1) is 18.6. The minimum Gasteiger partial charge on any atom is -0.470 e. The molecule has 138 valence electrons. The minimum absolute atomic E-state index is 0.0228. The topological polar surface area (TPSA) is 42.4 Å². The predicted octanol–water partition coefficient (Wildman–Crippen LogP) is 3.87. The van der Waals surface area contributed by atoms with Gasteiger partial charge in [0.15, 0.2) is 0 Å². The van der Waals surface area contributed by atoms with Crippen molar-refractivity contribution in [2.45, 2.75) is 23.6 Å². The number of nitrogens with zero attached hydrogens (tertiary/aromatic N) is 2. The highest BCUT2D eigenvalue weighted by Gasteiger charge is 2.38. The van der Waals surface area contributed by atoms with Crippen LogP contribution in [0.1, 0.15) is 12.0 Å². The SMILES string of the molecule is O=C(CCSc1ccccc1)N1CC(Oc2ncccc2C(F)(F)F)C1. The van der Waals surface area contributed by atoms with Crippen molar-refractivity contribution >= 4 is 17.7 Å². The molecule has 1 fully saturated rings. The van der Waals surface area contributed by atoms with Gasteiger partial charge in [-0.2, -0.15) is 13.2 Å². The molecule has 0 N–H and O–H groups in total. The second kappa shape index (κ2) is 7.99. The average Bonchev–Trinajstić information content (AvgIpc) is 2.58. The van der Waals surface area contributed by atoms with Gasteiger partial charge in [-0.05, 0) is 24.3 Å². The maximum Gasteiger partial charge on any atom is 0.421 e. The third-order valence-corrected chi connectivity index (χ3v) is 4.90. The van der Waals surface area contributed by atoms with Gasteiger partial charge in [0.2, 0.25) is 11.8 Å². The van der Waals surface area contributed by atoms with Gasteiger partial charge in [-0.1, -0.05) is 18.2 Å². The summed E-state index contributed by atoms with van der Waals surface area (Å²) in [6.07, 6.45) is -3.34. The highest BCUT2D eigenvalue weighted by atomic mass is 32.2. The lowest BCUT2D eigenvalue weighted by Gasteiger charge is -2.39. The Morgan fingerprint density at radius 2 is 1.92 bits per heavy atom. The molecule has 1 aliphatic rings. The van der Waals surface area contributed by atoms with E-state index in [1.54, 1.807) is 16.7 Å². The highest BCUT2D eigenvalue weighted by molar-refractivity contribution is 7.99. The molecule has 4 nitrogen and oxygen atoms in total. The lowest BCUT2D eigenvalue weighted by molar-refractivity contribution is -0.144. The summed E-state index contributed by atoms with van der Waals surface area (Å²) in [5.41, 5.74) is -0.899. The Morgan fingerprint density at radius 1 is 1.19 bits per heavy atom. The van der Waals surface area contributed by atoms with Crippen LogP contribution in [0.25, 0.3) is 0 Å². The molecular formula is C18H17F3N2O2S. The molecule has 0 radical (unpaired) electrons. The number of carbonyl (C=O) groups excluding carboxylic acids is 1. The number of pyridine rings is 1. The Bertz CT molecular complexity index is 750. The summed E-state index contributed by atoms with van der Waals surface area (Å²) in [5, 5.41) is 0. The molecule has 2 aromatic rings. The Hall–Kier alpha value is -2.22. The molecule has 0 bridgehead atoms. The zero-order valence-electron chi connectivity index (χ0n) is 13.8. The van der Waals surface area contributed by atoms with E-state index in [1.165, 1.54) is 12.3 Å². The van der Waals surface area contributed by atoms with Crippen molar-refractivity contribution in [3.05, 3.63) is 54.2 Å². The van der Waals surface area contributed by atoms with Crippen molar-refractivity contribution in [3.8, 4) is 5.88 Å². The van der Waals surface area contributed by atoms with Crippen LogP contribution in [0.5, 0.6) is 5.88 Å². The van der Waals surface area contributed by atoms with Crippen LogP contribution in [-0.2, 0) is 11.0 Å². The molecule has 0 spiro atoms. The lowest BCUT2D eigenvalue weighted by atomic mass is 10.1. The summed E-state index contributed by atoms with van der Waals surface area (Å²) in [6, 6.07) is 11.9. The Balaban J connectivity index is 1.44. The fourth-order valence-corrected chi connectivity index (χ4v) is 3.37. The van der Waals surface area contributed by atoms with Gasteiger partial charge < -0.3 is 9.64 Å². The fraction of sp³-hybridized carbons (Fsp3) is 0.333. The van der Waals surface area contributed by atoms with Crippen LogP contribution in [-0.4, -0.2) is 40.7 Å². The summed E-state index contributed by atoms with van der Waals surface area (Å²) in [5.74, 6) is 0.200. The Morgan fingerprint density at radius 3 is 2.62 bits per heavy atom. The first-order chi connectivity index (χ1) is 12.4. The smallest absolute Gasteiger partial charge is 0.421 e. The molecule has 1 saturated heterocycles. The molecule has 1 aromatic heterocycles. The molecule has 1 aromatic carbocycles. The van der Waals surface area contributed by atoms with Crippen molar-refractivity contribution in [1.82, 2.24) is 9.88 Å². The molecule has 1 aliphatic heterocycles. The number of benzene rings is 1. The number of thioether (sulfide) groups is 1. The van der Waals surface area contributed by atoms with Crippen molar-refractivity contribution in [3.63, 3.8) is 0 Å². The predicted molar refractivity (Wildman–Crippen MR) is 92.0 cm³/mol. The van der Waals surface area contributed by atoms with Crippen molar-refractivity contribution in [2.75, 3.05) is 18.8 Å². The summed E-state index contributed by atoms with van der Waals surface area (Å²) in [4.78, 5) is 18.5. The van der Waals surface area contributed by atoms with Crippen molar-refractivity contribution < 1.29 is 22.7 Å². The summed E-state index contributed by atoms with van der Waals surface area (Å²) < 4.78 is 44.1. The molecule has 8 heteroatoms. The summed E-state index contributed by atoms with van der Waals surface area (Å²) >= 11 is 1.60. The third kappa shape index (κ3) is 4.69. The number of aromatic nitrogens is 1. The van der Waals surface area contributed by atoms with E-state index >= 15 is 0 Å². The van der Waals surface area contributed by atoms with Crippen LogP contribution in [0, 0.1) is 0 Å². The zero-order valence-corrected chi connectivity index (χ0v) is 14.6. The number of rotatable bonds is 6. The Labute approximate surface area is 153 Å². The lowest BCUT2D eigenvalue weighted by Crippen LogP contribution is -2.56. The first-order valence-electron chi connectivity index (χ1n) is 8.08. The number of amides is 1. The number of halogens is 3. The fourth-order valence-electron chi connectivity index (χ4n) is 2.51. The van der Waals surface area contributed by atoms with Gasteiger partial charge in [0, 0.05) is 23.3 Å². The van der Waals surface area contributed by atoms with Gasteiger partial charge in [-0.3, -0.25) is 4.79 Å². The van der Waals surface area contributed by atoms with E-state index in [1.807, 2.05) is 30.3 Å². The highest BCUT2D eigenvalue weighted by Crippen LogP contribution is 2.35. The first-order valence-corrected chi connectivity index (χ1v) is 9.06. The van der Waals surface area contributed by atoms with Crippen LogP contribution in [0.3, 0.4) is 0 Å². The zero-order chi connectivity index (χ0) is 18.6. The molecule has 0 aliphatic carbocycles. The largest absolute Gasteiger partial charge is 0.470 e. The summed E-state index contributed by atoms with van der Waals surface area (Å²) in [7, 11) is 0. The van der Waals surface area contributed by atoms with Crippen LogP contribution >= 0.6 is 11.8 Å². The van der Waals surface area contributed by atoms with Gasteiger partial charge in [-0.25, -0.2) is 4.98 Å². The van der Waals surface area contributed by atoms with Gasteiger partial charge in [0.05, 0.1) is 13.1 Å². The third-order valence-electron chi connectivity index (χ3n) is 3.88. The number of likely N-dealkylation sites (tertiary alicyclic amines) is 1. The minimum atomic E-state index is -4.52. The molecule has 26 heavy (non-hydrogen) atoms. The number of hydrogen-bond acceptors (Lipinski definition) is 4. The second-order valence-electron chi connectivity index (χ2n) is 5.80. The maximum atomic E-state index is 12.9.